The average Bonchev–Trinajstić information content (AvgIpc) is 3.45. The molecular weight excluding hydrogens is 424 g/mol. The molecule has 2 saturated heterocycles. The highest BCUT2D eigenvalue weighted by atomic mass is 16.5. The number of carbonyl (C=O) groups excluding carboxylic acids is 3. The van der Waals surface area contributed by atoms with Crippen molar-refractivity contribution >= 4 is 17.8 Å². The number of piperidine rings is 1. The number of carbonyl (C=O) groups is 3. The first-order chi connectivity index (χ1) is 15.8. The lowest BCUT2D eigenvalue weighted by Gasteiger charge is -2.39. The third kappa shape index (κ3) is 3.65. The van der Waals surface area contributed by atoms with Gasteiger partial charge >= 0.3 is 11.9 Å². The Bertz CT molecular complexity index is 1040. The van der Waals surface area contributed by atoms with Crippen molar-refractivity contribution in [2.24, 2.45) is 5.41 Å². The molecule has 5 rings (SSSR count). The van der Waals surface area contributed by atoms with Crippen molar-refractivity contribution in [1.29, 1.82) is 0 Å². The van der Waals surface area contributed by atoms with Crippen LogP contribution in [0.15, 0.2) is 23.9 Å². The Balaban J connectivity index is 1.26. The zero-order valence-electron chi connectivity index (χ0n) is 19.4. The van der Waals surface area contributed by atoms with Crippen LogP contribution >= 0.6 is 0 Å². The molecule has 2 atom stereocenters. The molecule has 4 aliphatic heterocycles. The first-order valence-corrected chi connectivity index (χ1v) is 11.6. The minimum Gasteiger partial charge on any atom is -0.457 e. The number of hydrogen-bond acceptors (Lipinski definition) is 7. The van der Waals surface area contributed by atoms with Crippen molar-refractivity contribution in [1.82, 2.24) is 9.80 Å². The van der Waals surface area contributed by atoms with Crippen molar-refractivity contribution in [2.45, 2.75) is 51.9 Å². The number of rotatable bonds is 5. The second-order valence-electron chi connectivity index (χ2n) is 9.66. The number of likely N-dealkylation sites (tertiary alicyclic amines) is 2. The molecule has 2 fully saturated rings. The lowest BCUT2D eigenvalue weighted by Crippen LogP contribution is -2.45. The van der Waals surface area contributed by atoms with Crippen LogP contribution in [0.1, 0.15) is 59.3 Å². The first-order valence-electron chi connectivity index (χ1n) is 11.6. The van der Waals surface area contributed by atoms with Crippen LogP contribution in [0.25, 0.3) is 0 Å². The maximum absolute atomic E-state index is 13.4. The number of amides is 1. The molecule has 1 spiro atoms. The van der Waals surface area contributed by atoms with E-state index in [2.05, 4.69) is 11.8 Å². The summed E-state index contributed by atoms with van der Waals surface area (Å²) in [6.45, 7) is 6.92. The minimum absolute atomic E-state index is 0.0653. The number of fused-ring (bicyclic) bond motifs is 1. The number of methoxy groups -OCH3 is 1. The molecule has 176 valence electrons. The zero-order valence-corrected chi connectivity index (χ0v) is 19.4. The molecule has 0 saturated carbocycles. The Hall–Kier alpha value is -2.71. The predicted octanol–water partition coefficient (Wildman–Crippen LogP) is 2.50. The van der Waals surface area contributed by atoms with E-state index < -0.39 is 0 Å². The second kappa shape index (κ2) is 8.25. The third-order valence-corrected chi connectivity index (χ3v) is 7.83. The molecule has 0 aliphatic carbocycles. The molecule has 0 bridgehead atoms. The summed E-state index contributed by atoms with van der Waals surface area (Å²) in [5, 5.41) is 0. The van der Waals surface area contributed by atoms with Crippen LogP contribution in [0.3, 0.4) is 0 Å². The second-order valence-corrected chi connectivity index (χ2v) is 9.66. The SMILES string of the molecule is CO[C@H](CN1CCC2(CC1)C[C@H](C)N(C1=CC(=O)OC1)C2=O)c1ccc2c(c1C)COC2=O. The molecule has 1 aromatic rings. The van der Waals surface area contributed by atoms with E-state index in [1.807, 2.05) is 19.1 Å². The van der Waals surface area contributed by atoms with Gasteiger partial charge in [0.25, 0.3) is 0 Å². The lowest BCUT2D eigenvalue weighted by molar-refractivity contribution is -0.139. The van der Waals surface area contributed by atoms with Gasteiger partial charge in [0, 0.05) is 31.3 Å². The topological polar surface area (TPSA) is 85.4 Å². The van der Waals surface area contributed by atoms with Crippen LogP contribution in [0, 0.1) is 12.3 Å². The fraction of sp³-hybridized carbons (Fsp3) is 0.560. The van der Waals surface area contributed by atoms with Gasteiger partial charge in [-0.05, 0) is 63.4 Å². The van der Waals surface area contributed by atoms with Gasteiger partial charge in [-0.1, -0.05) is 6.07 Å². The van der Waals surface area contributed by atoms with Crippen LogP contribution in [0.5, 0.6) is 0 Å². The Kier molecular flexibility index (Phi) is 5.53. The van der Waals surface area contributed by atoms with Crippen LogP contribution < -0.4 is 0 Å². The maximum atomic E-state index is 13.4. The summed E-state index contributed by atoms with van der Waals surface area (Å²) in [7, 11) is 1.71. The van der Waals surface area contributed by atoms with Crippen LogP contribution in [0.2, 0.25) is 0 Å². The normalized spacial score (nSPS) is 25.3. The van der Waals surface area contributed by atoms with Crippen molar-refractivity contribution in [3.8, 4) is 0 Å². The first kappa shape index (κ1) is 22.1. The molecule has 8 nitrogen and oxygen atoms in total. The zero-order chi connectivity index (χ0) is 23.3. The molecule has 4 aliphatic rings. The van der Waals surface area contributed by atoms with E-state index >= 15 is 0 Å². The average molecular weight is 455 g/mol. The highest BCUT2D eigenvalue weighted by Gasteiger charge is 2.52. The van der Waals surface area contributed by atoms with Gasteiger partial charge in [-0.15, -0.1) is 0 Å². The van der Waals surface area contributed by atoms with Gasteiger partial charge < -0.3 is 24.0 Å². The monoisotopic (exact) mass is 454 g/mol. The Labute approximate surface area is 193 Å². The highest BCUT2D eigenvalue weighted by molar-refractivity contribution is 5.94. The maximum Gasteiger partial charge on any atom is 0.338 e. The largest absolute Gasteiger partial charge is 0.457 e. The van der Waals surface area contributed by atoms with Gasteiger partial charge in [0.15, 0.2) is 0 Å². The van der Waals surface area contributed by atoms with Crippen LogP contribution in [0.4, 0.5) is 0 Å². The molecule has 33 heavy (non-hydrogen) atoms. The summed E-state index contributed by atoms with van der Waals surface area (Å²) < 4.78 is 16.1. The van der Waals surface area contributed by atoms with E-state index in [0.29, 0.717) is 17.9 Å². The number of ether oxygens (including phenoxy) is 3. The number of hydrogen-bond donors (Lipinski definition) is 0. The van der Waals surface area contributed by atoms with Gasteiger partial charge in [0.05, 0.1) is 22.8 Å². The molecule has 0 N–H and O–H groups in total. The van der Waals surface area contributed by atoms with E-state index in [1.54, 1.807) is 12.0 Å². The Morgan fingerprint density at radius 1 is 1.15 bits per heavy atom. The molecule has 0 unspecified atom stereocenters. The molecule has 0 radical (unpaired) electrons. The number of cyclic esters (lactones) is 2. The van der Waals surface area contributed by atoms with Crippen molar-refractivity contribution in [3.63, 3.8) is 0 Å². The number of benzene rings is 1. The summed E-state index contributed by atoms with van der Waals surface area (Å²) in [5.41, 5.74) is 4.04. The molecule has 1 aromatic carbocycles. The summed E-state index contributed by atoms with van der Waals surface area (Å²) in [5.74, 6) is -0.505. The van der Waals surface area contributed by atoms with E-state index in [1.165, 1.54) is 6.08 Å². The van der Waals surface area contributed by atoms with Crippen LogP contribution in [-0.4, -0.2) is 67.0 Å². The standard InChI is InChI=1S/C25H30N2O6/c1-15-11-25(24(30)27(15)17-10-22(28)32-13-17)6-8-26(9-7-25)12-21(31-3)18-4-5-19-20(16(18)2)14-33-23(19)29/h4-5,10,15,21H,6-9,11-14H2,1-3H3/t15-,21+/m0/s1. The fourth-order valence-corrected chi connectivity index (χ4v) is 5.95. The van der Waals surface area contributed by atoms with Gasteiger partial charge in [0.2, 0.25) is 5.91 Å². The van der Waals surface area contributed by atoms with E-state index in [9.17, 15) is 14.4 Å². The summed E-state index contributed by atoms with van der Waals surface area (Å²) in [6, 6.07) is 3.87. The molecule has 8 heteroatoms. The Morgan fingerprint density at radius 3 is 2.58 bits per heavy atom. The Morgan fingerprint density at radius 2 is 1.91 bits per heavy atom. The summed E-state index contributed by atoms with van der Waals surface area (Å²) in [4.78, 5) is 40.9. The van der Waals surface area contributed by atoms with Gasteiger partial charge in [-0.3, -0.25) is 4.79 Å². The van der Waals surface area contributed by atoms with Gasteiger partial charge in [-0.2, -0.15) is 0 Å². The third-order valence-electron chi connectivity index (χ3n) is 7.83. The fourth-order valence-electron chi connectivity index (χ4n) is 5.95. The van der Waals surface area contributed by atoms with E-state index in [0.717, 1.165) is 55.6 Å². The molecule has 1 amide bonds. The van der Waals surface area contributed by atoms with E-state index in [4.69, 9.17) is 14.2 Å². The lowest BCUT2D eigenvalue weighted by atomic mass is 9.76. The smallest absolute Gasteiger partial charge is 0.338 e. The quantitative estimate of drug-likeness (QED) is 0.632. The molecule has 0 aromatic heterocycles. The van der Waals surface area contributed by atoms with Gasteiger partial charge in [0.1, 0.15) is 13.2 Å². The van der Waals surface area contributed by atoms with E-state index in [-0.39, 0.29) is 42.0 Å². The van der Waals surface area contributed by atoms with Crippen molar-refractivity contribution in [2.75, 3.05) is 33.4 Å². The summed E-state index contributed by atoms with van der Waals surface area (Å²) >= 11 is 0. The van der Waals surface area contributed by atoms with Gasteiger partial charge in [-0.25, -0.2) is 9.59 Å². The van der Waals surface area contributed by atoms with Crippen molar-refractivity contribution in [3.05, 3.63) is 46.2 Å². The minimum atomic E-state index is -0.371. The van der Waals surface area contributed by atoms with Crippen LogP contribution in [-0.2, 0) is 30.4 Å². The highest BCUT2D eigenvalue weighted by Crippen LogP contribution is 2.46. The van der Waals surface area contributed by atoms with Crippen molar-refractivity contribution < 1.29 is 28.6 Å². The molecule has 4 heterocycles. The molecular formula is C25H30N2O6. The number of nitrogens with zero attached hydrogens (tertiary/aromatic N) is 2. The predicted molar refractivity (Wildman–Crippen MR) is 118 cm³/mol. The summed E-state index contributed by atoms with van der Waals surface area (Å²) in [6.07, 6.45) is 3.70. The number of esters is 2.